The number of nitrogens with one attached hydrogen (secondary N) is 2. The number of amides is 2. The van der Waals surface area contributed by atoms with Crippen molar-refractivity contribution in [2.45, 2.75) is 44.7 Å². The highest BCUT2D eigenvalue weighted by Gasteiger charge is 2.28. The van der Waals surface area contributed by atoms with E-state index < -0.39 is 11.8 Å². The van der Waals surface area contributed by atoms with Crippen molar-refractivity contribution in [3.63, 3.8) is 0 Å². The van der Waals surface area contributed by atoms with Crippen LogP contribution in [0, 0.1) is 5.92 Å². The lowest BCUT2D eigenvalue weighted by Gasteiger charge is -2.24. The zero-order chi connectivity index (χ0) is 18.4. The Balaban J connectivity index is 1.58. The minimum absolute atomic E-state index is 0.0324. The minimum atomic E-state index is -0.583. The van der Waals surface area contributed by atoms with Crippen LogP contribution < -0.4 is 10.6 Å². The molecule has 6 heteroatoms. The van der Waals surface area contributed by atoms with Crippen molar-refractivity contribution in [2.75, 3.05) is 0 Å². The maximum Gasteiger partial charge on any atom is 0.309 e. The third-order valence-corrected chi connectivity index (χ3v) is 5.15. The van der Waals surface area contributed by atoms with E-state index in [1.165, 1.54) is 12.8 Å². The molecule has 6 nitrogen and oxygen atoms in total. The molecule has 1 aliphatic rings. The van der Waals surface area contributed by atoms with Crippen LogP contribution in [0.3, 0.4) is 0 Å². The summed E-state index contributed by atoms with van der Waals surface area (Å²) >= 11 is 0. The first-order chi connectivity index (χ1) is 12.6. The van der Waals surface area contributed by atoms with Gasteiger partial charge in [-0.1, -0.05) is 18.9 Å². The molecule has 0 bridgehead atoms. The topological polar surface area (TPSA) is 76.0 Å². The number of rotatable bonds is 6. The zero-order valence-corrected chi connectivity index (χ0v) is 15.1. The Morgan fingerprint density at radius 1 is 1.23 bits per heavy atom. The largest absolute Gasteiger partial charge is 0.353 e. The SMILES string of the molecule is Cn1cccc1CNC(=O)C(=O)NC(Cc1cccnc1)C1CCCC1. The second-order valence-electron chi connectivity index (χ2n) is 6.98. The molecular weight excluding hydrogens is 328 g/mol. The fourth-order valence-electron chi connectivity index (χ4n) is 3.63. The molecule has 2 aromatic heterocycles. The fraction of sp³-hybridized carbons (Fsp3) is 0.450. The lowest BCUT2D eigenvalue weighted by atomic mass is 9.92. The van der Waals surface area contributed by atoms with Crippen molar-refractivity contribution >= 4 is 11.8 Å². The first-order valence-electron chi connectivity index (χ1n) is 9.21. The molecule has 2 amide bonds. The second kappa shape index (κ2) is 8.65. The van der Waals surface area contributed by atoms with E-state index in [1.807, 2.05) is 48.3 Å². The van der Waals surface area contributed by atoms with Gasteiger partial charge in [0.1, 0.15) is 0 Å². The summed E-state index contributed by atoms with van der Waals surface area (Å²) in [7, 11) is 1.91. The van der Waals surface area contributed by atoms with Crippen LogP contribution in [-0.2, 0) is 29.6 Å². The number of nitrogens with zero attached hydrogens (tertiary/aromatic N) is 2. The van der Waals surface area contributed by atoms with E-state index in [0.717, 1.165) is 24.1 Å². The van der Waals surface area contributed by atoms with Crippen molar-refractivity contribution in [2.24, 2.45) is 13.0 Å². The van der Waals surface area contributed by atoms with Gasteiger partial charge < -0.3 is 15.2 Å². The van der Waals surface area contributed by atoms with Gasteiger partial charge in [-0.3, -0.25) is 14.6 Å². The smallest absolute Gasteiger partial charge is 0.309 e. The van der Waals surface area contributed by atoms with Gasteiger partial charge in [-0.2, -0.15) is 0 Å². The van der Waals surface area contributed by atoms with Crippen molar-refractivity contribution in [1.29, 1.82) is 0 Å². The van der Waals surface area contributed by atoms with Crippen LogP contribution in [0.25, 0.3) is 0 Å². The summed E-state index contributed by atoms with van der Waals surface area (Å²) in [5, 5.41) is 5.67. The number of carbonyl (C=O) groups is 2. The van der Waals surface area contributed by atoms with Crippen LogP contribution in [0.1, 0.15) is 36.9 Å². The molecule has 2 aromatic rings. The zero-order valence-electron chi connectivity index (χ0n) is 15.1. The number of aromatic nitrogens is 2. The van der Waals surface area contributed by atoms with Crippen LogP contribution in [0.2, 0.25) is 0 Å². The van der Waals surface area contributed by atoms with E-state index in [2.05, 4.69) is 15.6 Å². The van der Waals surface area contributed by atoms with E-state index >= 15 is 0 Å². The van der Waals surface area contributed by atoms with Gasteiger partial charge in [0.05, 0.1) is 6.54 Å². The van der Waals surface area contributed by atoms with Gasteiger partial charge in [-0.25, -0.2) is 0 Å². The molecule has 0 aliphatic heterocycles. The Morgan fingerprint density at radius 3 is 2.69 bits per heavy atom. The standard InChI is InChI=1S/C20H26N4O2/c1-24-11-5-9-17(24)14-22-19(25)20(26)23-18(16-7-2-3-8-16)12-15-6-4-10-21-13-15/h4-6,9-11,13,16,18H,2-3,7-8,12,14H2,1H3,(H,22,25)(H,23,26). The van der Waals surface area contributed by atoms with Crippen LogP contribution >= 0.6 is 0 Å². The van der Waals surface area contributed by atoms with Crippen LogP contribution in [-0.4, -0.2) is 27.4 Å². The predicted octanol–water partition coefficient (Wildman–Crippen LogP) is 1.95. The van der Waals surface area contributed by atoms with Crippen molar-refractivity contribution in [1.82, 2.24) is 20.2 Å². The third kappa shape index (κ3) is 4.71. The quantitative estimate of drug-likeness (QED) is 0.779. The van der Waals surface area contributed by atoms with Gasteiger partial charge in [-0.05, 0) is 48.9 Å². The maximum absolute atomic E-state index is 12.4. The van der Waals surface area contributed by atoms with Crippen molar-refractivity contribution in [3.8, 4) is 0 Å². The Morgan fingerprint density at radius 2 is 2.04 bits per heavy atom. The fourth-order valence-corrected chi connectivity index (χ4v) is 3.63. The molecule has 138 valence electrons. The lowest BCUT2D eigenvalue weighted by Crippen LogP contribution is -2.47. The molecule has 0 spiro atoms. The van der Waals surface area contributed by atoms with E-state index in [4.69, 9.17) is 0 Å². The van der Waals surface area contributed by atoms with Gasteiger partial charge in [-0.15, -0.1) is 0 Å². The molecule has 1 atom stereocenters. The van der Waals surface area contributed by atoms with Crippen LogP contribution in [0.5, 0.6) is 0 Å². The van der Waals surface area contributed by atoms with E-state index in [-0.39, 0.29) is 6.04 Å². The van der Waals surface area contributed by atoms with Crippen molar-refractivity contribution < 1.29 is 9.59 Å². The van der Waals surface area contributed by atoms with Gasteiger partial charge in [0.15, 0.2) is 0 Å². The Kier molecular flexibility index (Phi) is 6.04. The Hall–Kier alpha value is -2.63. The lowest BCUT2D eigenvalue weighted by molar-refractivity contribution is -0.140. The molecular formula is C20H26N4O2. The van der Waals surface area contributed by atoms with Gasteiger partial charge in [0, 0.05) is 37.4 Å². The summed E-state index contributed by atoms with van der Waals surface area (Å²) in [5.41, 5.74) is 2.03. The molecule has 2 N–H and O–H groups in total. The molecule has 3 rings (SSSR count). The summed E-state index contributed by atoms with van der Waals surface area (Å²) < 4.78 is 1.92. The van der Waals surface area contributed by atoms with Crippen molar-refractivity contribution in [3.05, 3.63) is 54.1 Å². The highest BCUT2D eigenvalue weighted by atomic mass is 16.2. The molecule has 1 fully saturated rings. The number of aryl methyl sites for hydroxylation is 1. The number of hydrogen-bond donors (Lipinski definition) is 2. The third-order valence-electron chi connectivity index (χ3n) is 5.15. The summed E-state index contributed by atoms with van der Waals surface area (Å²) in [6.07, 6.45) is 10.7. The van der Waals surface area contributed by atoms with Crippen LogP contribution in [0.15, 0.2) is 42.9 Å². The summed E-state index contributed by atoms with van der Waals surface area (Å²) in [4.78, 5) is 28.8. The van der Waals surface area contributed by atoms with E-state index in [1.54, 1.807) is 6.20 Å². The number of pyridine rings is 1. The molecule has 0 saturated heterocycles. The normalized spacial score (nSPS) is 15.6. The predicted molar refractivity (Wildman–Crippen MR) is 99.1 cm³/mol. The molecule has 0 radical (unpaired) electrons. The van der Waals surface area contributed by atoms with Crippen LogP contribution in [0.4, 0.5) is 0 Å². The highest BCUT2D eigenvalue weighted by molar-refractivity contribution is 6.35. The van der Waals surface area contributed by atoms with Gasteiger partial charge in [0.2, 0.25) is 0 Å². The monoisotopic (exact) mass is 354 g/mol. The Bertz CT molecular complexity index is 735. The first-order valence-corrected chi connectivity index (χ1v) is 9.21. The summed E-state index contributed by atoms with van der Waals surface area (Å²) in [6.45, 7) is 0.340. The number of carbonyl (C=O) groups excluding carboxylic acids is 2. The van der Waals surface area contributed by atoms with Gasteiger partial charge >= 0.3 is 11.8 Å². The first kappa shape index (κ1) is 18.2. The molecule has 0 aromatic carbocycles. The summed E-state index contributed by atoms with van der Waals surface area (Å²) in [6, 6.07) is 7.70. The second-order valence-corrected chi connectivity index (χ2v) is 6.98. The van der Waals surface area contributed by atoms with E-state index in [0.29, 0.717) is 18.9 Å². The minimum Gasteiger partial charge on any atom is -0.353 e. The average Bonchev–Trinajstić information content (AvgIpc) is 3.32. The van der Waals surface area contributed by atoms with Gasteiger partial charge in [0.25, 0.3) is 0 Å². The molecule has 2 heterocycles. The van der Waals surface area contributed by atoms with E-state index in [9.17, 15) is 9.59 Å². The Labute approximate surface area is 154 Å². The number of hydrogen-bond acceptors (Lipinski definition) is 3. The highest BCUT2D eigenvalue weighted by Crippen LogP contribution is 2.29. The molecule has 26 heavy (non-hydrogen) atoms. The molecule has 1 unspecified atom stereocenters. The average molecular weight is 354 g/mol. The summed E-state index contributed by atoms with van der Waals surface area (Å²) in [5.74, 6) is -0.722. The maximum atomic E-state index is 12.4. The molecule has 1 saturated carbocycles. The molecule has 1 aliphatic carbocycles.